The van der Waals surface area contributed by atoms with Crippen molar-refractivity contribution in [2.45, 2.75) is 26.3 Å². The van der Waals surface area contributed by atoms with Gasteiger partial charge in [-0.05, 0) is 31.9 Å². The van der Waals surface area contributed by atoms with Crippen molar-refractivity contribution < 1.29 is 13.2 Å². The van der Waals surface area contributed by atoms with Crippen molar-refractivity contribution in [3.05, 3.63) is 30.2 Å². The number of nitrogens with one attached hydrogen (secondary N) is 1. The highest BCUT2D eigenvalue weighted by Crippen LogP contribution is 2.20. The van der Waals surface area contributed by atoms with Gasteiger partial charge in [0.15, 0.2) is 11.5 Å². The Labute approximate surface area is 140 Å². The monoisotopic (exact) mass is 351 g/mol. The van der Waals surface area contributed by atoms with E-state index in [9.17, 15) is 13.2 Å². The molecular weight excluding hydrogens is 330 g/mol. The molecule has 0 aliphatic carbocycles. The fraction of sp³-hybridized carbons (Fsp3) is 0.533. The summed E-state index contributed by atoms with van der Waals surface area (Å²) in [4.78, 5) is 12.3. The second-order valence-electron chi connectivity index (χ2n) is 5.84. The SMILES string of the molecule is CCS(=O)(=O)N1CCC(C(=O)NCc2nnc3ccccn23)CC1. The fourth-order valence-corrected chi connectivity index (χ4v) is 4.03. The zero-order valence-corrected chi connectivity index (χ0v) is 14.4. The maximum Gasteiger partial charge on any atom is 0.223 e. The molecule has 130 valence electrons. The molecule has 1 aliphatic heterocycles. The van der Waals surface area contributed by atoms with Gasteiger partial charge in [0, 0.05) is 25.2 Å². The van der Waals surface area contributed by atoms with Crippen LogP contribution >= 0.6 is 0 Å². The van der Waals surface area contributed by atoms with E-state index in [1.807, 2.05) is 28.8 Å². The number of carbonyl (C=O) groups is 1. The fourth-order valence-electron chi connectivity index (χ4n) is 2.90. The predicted molar refractivity (Wildman–Crippen MR) is 88.6 cm³/mol. The zero-order chi connectivity index (χ0) is 17.2. The molecule has 1 amide bonds. The van der Waals surface area contributed by atoms with Crippen LogP contribution in [0.1, 0.15) is 25.6 Å². The minimum Gasteiger partial charge on any atom is -0.349 e. The first-order chi connectivity index (χ1) is 11.5. The van der Waals surface area contributed by atoms with Gasteiger partial charge in [-0.15, -0.1) is 10.2 Å². The van der Waals surface area contributed by atoms with Gasteiger partial charge in [-0.25, -0.2) is 12.7 Å². The van der Waals surface area contributed by atoms with E-state index in [4.69, 9.17) is 0 Å². The third-order valence-corrected chi connectivity index (χ3v) is 6.27. The third kappa shape index (κ3) is 3.41. The smallest absolute Gasteiger partial charge is 0.223 e. The van der Waals surface area contributed by atoms with E-state index in [1.54, 1.807) is 6.92 Å². The maximum atomic E-state index is 12.3. The average molecular weight is 351 g/mol. The van der Waals surface area contributed by atoms with Gasteiger partial charge in [0.1, 0.15) is 0 Å². The Bertz CT molecular complexity index is 825. The molecule has 0 saturated carbocycles. The molecule has 0 spiro atoms. The maximum absolute atomic E-state index is 12.3. The minimum absolute atomic E-state index is 0.0590. The van der Waals surface area contributed by atoms with Gasteiger partial charge in [-0.2, -0.15) is 0 Å². The molecule has 3 heterocycles. The zero-order valence-electron chi connectivity index (χ0n) is 13.6. The van der Waals surface area contributed by atoms with Gasteiger partial charge in [-0.1, -0.05) is 6.07 Å². The lowest BCUT2D eigenvalue weighted by atomic mass is 9.97. The molecule has 2 aromatic rings. The summed E-state index contributed by atoms with van der Waals surface area (Å²) in [5.41, 5.74) is 0.736. The first kappa shape index (κ1) is 16.8. The van der Waals surface area contributed by atoms with Crippen LogP contribution in [0.25, 0.3) is 5.65 Å². The number of amides is 1. The predicted octanol–water partition coefficient (Wildman–Crippen LogP) is 0.407. The Morgan fingerprint density at radius 2 is 2.04 bits per heavy atom. The van der Waals surface area contributed by atoms with Gasteiger partial charge in [-0.3, -0.25) is 9.20 Å². The van der Waals surface area contributed by atoms with E-state index in [0.29, 0.717) is 38.3 Å². The first-order valence-corrected chi connectivity index (χ1v) is 9.66. The molecule has 8 nitrogen and oxygen atoms in total. The standard InChI is InChI=1S/C15H21N5O3S/c1-2-24(22,23)19-9-6-12(7-10-19)15(21)16-11-14-18-17-13-5-3-4-8-20(13)14/h3-5,8,12H,2,6-7,9-11H2,1H3,(H,16,21). The van der Waals surface area contributed by atoms with Crippen LogP contribution < -0.4 is 5.32 Å². The molecule has 1 N–H and O–H groups in total. The van der Waals surface area contributed by atoms with Crippen molar-refractivity contribution >= 4 is 21.6 Å². The van der Waals surface area contributed by atoms with E-state index in [-0.39, 0.29) is 17.6 Å². The lowest BCUT2D eigenvalue weighted by Crippen LogP contribution is -2.43. The summed E-state index contributed by atoms with van der Waals surface area (Å²) < 4.78 is 27.0. The number of hydrogen-bond donors (Lipinski definition) is 1. The van der Waals surface area contributed by atoms with Gasteiger partial charge in [0.2, 0.25) is 15.9 Å². The van der Waals surface area contributed by atoms with Gasteiger partial charge in [0.25, 0.3) is 0 Å². The minimum atomic E-state index is -3.16. The molecule has 9 heteroatoms. The number of rotatable bonds is 5. The normalized spacial score (nSPS) is 17.2. The molecular formula is C15H21N5O3S. The van der Waals surface area contributed by atoms with Crippen LogP contribution in [0.5, 0.6) is 0 Å². The Balaban J connectivity index is 1.55. The number of fused-ring (bicyclic) bond motifs is 1. The van der Waals surface area contributed by atoms with Crippen LogP contribution in [0.15, 0.2) is 24.4 Å². The molecule has 0 bridgehead atoms. The largest absolute Gasteiger partial charge is 0.349 e. The molecule has 1 fully saturated rings. The van der Waals surface area contributed by atoms with Gasteiger partial charge >= 0.3 is 0 Å². The van der Waals surface area contributed by atoms with Gasteiger partial charge in [0.05, 0.1) is 12.3 Å². The number of piperidine rings is 1. The summed E-state index contributed by atoms with van der Waals surface area (Å²) in [5.74, 6) is 0.553. The van der Waals surface area contributed by atoms with Crippen molar-refractivity contribution in [2.24, 2.45) is 5.92 Å². The molecule has 0 atom stereocenters. The van der Waals surface area contributed by atoms with E-state index < -0.39 is 10.0 Å². The van der Waals surface area contributed by atoms with Crippen LogP contribution in [-0.2, 0) is 21.4 Å². The van der Waals surface area contributed by atoms with Crippen LogP contribution in [-0.4, -0.2) is 52.1 Å². The highest BCUT2D eigenvalue weighted by molar-refractivity contribution is 7.89. The highest BCUT2D eigenvalue weighted by Gasteiger charge is 2.30. The number of aromatic nitrogens is 3. The highest BCUT2D eigenvalue weighted by atomic mass is 32.2. The summed E-state index contributed by atoms with van der Waals surface area (Å²) in [6, 6.07) is 5.61. The lowest BCUT2D eigenvalue weighted by molar-refractivity contribution is -0.126. The number of hydrogen-bond acceptors (Lipinski definition) is 5. The van der Waals surface area contributed by atoms with Gasteiger partial charge < -0.3 is 5.32 Å². The molecule has 0 radical (unpaired) electrons. The average Bonchev–Trinajstić information content (AvgIpc) is 3.03. The molecule has 2 aromatic heterocycles. The molecule has 1 aliphatic rings. The quantitative estimate of drug-likeness (QED) is 0.841. The van der Waals surface area contributed by atoms with E-state index in [2.05, 4.69) is 15.5 Å². The lowest BCUT2D eigenvalue weighted by Gasteiger charge is -2.30. The van der Waals surface area contributed by atoms with Crippen molar-refractivity contribution in [3.63, 3.8) is 0 Å². The second-order valence-corrected chi connectivity index (χ2v) is 8.09. The van der Waals surface area contributed by atoms with Crippen molar-refractivity contribution in [2.75, 3.05) is 18.8 Å². The molecule has 0 unspecified atom stereocenters. The Morgan fingerprint density at radius 3 is 2.75 bits per heavy atom. The summed E-state index contributed by atoms with van der Waals surface area (Å²) in [6.07, 6.45) is 2.95. The Hall–Kier alpha value is -2.00. The second kappa shape index (κ2) is 6.86. The molecule has 1 saturated heterocycles. The van der Waals surface area contributed by atoms with Crippen molar-refractivity contribution in [1.29, 1.82) is 0 Å². The van der Waals surface area contributed by atoms with Crippen LogP contribution in [0.2, 0.25) is 0 Å². The summed E-state index contributed by atoms with van der Waals surface area (Å²) in [7, 11) is -3.16. The topological polar surface area (TPSA) is 96.7 Å². The van der Waals surface area contributed by atoms with Crippen LogP contribution in [0, 0.1) is 5.92 Å². The van der Waals surface area contributed by atoms with Crippen LogP contribution in [0.4, 0.5) is 0 Å². The molecule has 0 aromatic carbocycles. The summed E-state index contributed by atoms with van der Waals surface area (Å²) in [5, 5.41) is 11.0. The number of sulfonamides is 1. The summed E-state index contributed by atoms with van der Waals surface area (Å²) in [6.45, 7) is 2.75. The molecule has 24 heavy (non-hydrogen) atoms. The van der Waals surface area contributed by atoms with E-state index in [0.717, 1.165) is 5.65 Å². The Kier molecular flexibility index (Phi) is 4.81. The van der Waals surface area contributed by atoms with E-state index >= 15 is 0 Å². The van der Waals surface area contributed by atoms with Crippen molar-refractivity contribution in [1.82, 2.24) is 24.2 Å². The van der Waals surface area contributed by atoms with Crippen molar-refractivity contribution in [3.8, 4) is 0 Å². The third-order valence-electron chi connectivity index (χ3n) is 4.39. The Morgan fingerprint density at radius 1 is 1.29 bits per heavy atom. The number of carbonyl (C=O) groups excluding carboxylic acids is 1. The summed E-state index contributed by atoms with van der Waals surface area (Å²) >= 11 is 0. The number of pyridine rings is 1. The first-order valence-electron chi connectivity index (χ1n) is 8.05. The van der Waals surface area contributed by atoms with Crippen LogP contribution in [0.3, 0.4) is 0 Å². The molecule has 3 rings (SSSR count). The van der Waals surface area contributed by atoms with E-state index in [1.165, 1.54) is 4.31 Å². The number of nitrogens with zero attached hydrogens (tertiary/aromatic N) is 4.